The fourth-order valence-electron chi connectivity index (χ4n) is 2.49. The normalized spacial score (nSPS) is 10.6. The van der Waals surface area contributed by atoms with Crippen LogP contribution in [0.2, 0.25) is 0 Å². The van der Waals surface area contributed by atoms with E-state index in [1.54, 1.807) is 11.8 Å². The van der Waals surface area contributed by atoms with Gasteiger partial charge in [0.2, 0.25) is 5.91 Å². The Morgan fingerprint density at radius 3 is 2.83 bits per heavy atom. The number of carbonyl (C=O) groups excluding carboxylic acids is 1. The van der Waals surface area contributed by atoms with Crippen molar-refractivity contribution in [3.63, 3.8) is 0 Å². The molecular formula is C18H18N4OS. The van der Waals surface area contributed by atoms with E-state index in [2.05, 4.69) is 15.3 Å². The summed E-state index contributed by atoms with van der Waals surface area (Å²) in [7, 11) is 1.85. The van der Waals surface area contributed by atoms with Crippen molar-refractivity contribution < 1.29 is 4.79 Å². The molecule has 122 valence electrons. The molecule has 3 aromatic rings. The lowest BCUT2D eigenvalue weighted by Gasteiger charge is -2.19. The summed E-state index contributed by atoms with van der Waals surface area (Å²) >= 11 is 1.64. The van der Waals surface area contributed by atoms with Gasteiger partial charge in [-0.2, -0.15) is 0 Å². The molecule has 0 atom stereocenters. The molecule has 3 rings (SSSR count). The second-order valence-corrected chi connectivity index (χ2v) is 6.23. The predicted octanol–water partition coefficient (Wildman–Crippen LogP) is 3.43. The number of nitrogens with zero attached hydrogens (tertiary/aromatic N) is 3. The van der Waals surface area contributed by atoms with Gasteiger partial charge in [0.05, 0.1) is 12.1 Å². The monoisotopic (exact) mass is 338 g/mol. The molecule has 0 saturated carbocycles. The highest BCUT2D eigenvalue weighted by molar-refractivity contribution is 7.98. The summed E-state index contributed by atoms with van der Waals surface area (Å²) in [6, 6.07) is 15.6. The molecule has 0 aliphatic heterocycles. The first-order valence-corrected chi connectivity index (χ1v) is 8.74. The summed E-state index contributed by atoms with van der Waals surface area (Å²) < 4.78 is 0. The van der Waals surface area contributed by atoms with Crippen LogP contribution in [0.4, 0.5) is 11.5 Å². The molecule has 0 bridgehead atoms. The molecular weight excluding hydrogens is 320 g/mol. The van der Waals surface area contributed by atoms with Crippen molar-refractivity contribution >= 4 is 40.1 Å². The third-order valence-electron chi connectivity index (χ3n) is 3.62. The lowest BCUT2D eigenvalue weighted by Crippen LogP contribution is -2.30. The number of nitrogens with one attached hydrogen (secondary N) is 1. The molecule has 0 saturated heterocycles. The first-order valence-electron chi connectivity index (χ1n) is 7.52. The molecule has 0 radical (unpaired) electrons. The first-order chi connectivity index (χ1) is 11.7. The Morgan fingerprint density at radius 1 is 1.17 bits per heavy atom. The first kappa shape index (κ1) is 16.3. The minimum atomic E-state index is -0.0848. The Morgan fingerprint density at radius 2 is 2.00 bits per heavy atom. The molecule has 0 spiro atoms. The molecule has 1 heterocycles. The van der Waals surface area contributed by atoms with Crippen molar-refractivity contribution in [1.82, 2.24) is 9.97 Å². The van der Waals surface area contributed by atoms with Crippen LogP contribution in [0.1, 0.15) is 0 Å². The van der Waals surface area contributed by atoms with E-state index >= 15 is 0 Å². The molecule has 0 aliphatic carbocycles. The topological polar surface area (TPSA) is 58.1 Å². The van der Waals surface area contributed by atoms with E-state index in [1.807, 2.05) is 66.7 Å². The summed E-state index contributed by atoms with van der Waals surface area (Å²) in [6.07, 6.45) is 3.53. The van der Waals surface area contributed by atoms with Gasteiger partial charge >= 0.3 is 0 Å². The van der Waals surface area contributed by atoms with Gasteiger partial charge in [0.15, 0.2) is 0 Å². The van der Waals surface area contributed by atoms with Crippen LogP contribution < -0.4 is 10.2 Å². The fourth-order valence-corrected chi connectivity index (χ4v) is 2.95. The lowest BCUT2D eigenvalue weighted by molar-refractivity contribution is -0.114. The van der Waals surface area contributed by atoms with Gasteiger partial charge in [-0.05, 0) is 36.6 Å². The Labute approximate surface area is 145 Å². The summed E-state index contributed by atoms with van der Waals surface area (Å²) in [5.74, 6) is 0.659. The average molecular weight is 338 g/mol. The van der Waals surface area contributed by atoms with Crippen molar-refractivity contribution in [3.8, 4) is 0 Å². The van der Waals surface area contributed by atoms with Crippen molar-refractivity contribution in [2.24, 2.45) is 0 Å². The number of thioether (sulfide) groups is 1. The molecule has 24 heavy (non-hydrogen) atoms. The SMILES string of the molecule is CSc1cccc(NC(=O)CN(C)c2ncnc3ccccc23)c1. The fraction of sp³-hybridized carbons (Fsp3) is 0.167. The van der Waals surface area contributed by atoms with Crippen LogP contribution in [0.3, 0.4) is 0 Å². The molecule has 1 N–H and O–H groups in total. The number of hydrogen-bond donors (Lipinski definition) is 1. The van der Waals surface area contributed by atoms with Gasteiger partial charge in [-0.1, -0.05) is 18.2 Å². The highest BCUT2D eigenvalue weighted by atomic mass is 32.2. The summed E-state index contributed by atoms with van der Waals surface area (Å²) in [5, 5.41) is 3.86. The number of carbonyl (C=O) groups is 1. The summed E-state index contributed by atoms with van der Waals surface area (Å²) in [4.78, 5) is 23.8. The molecule has 6 heteroatoms. The van der Waals surface area contributed by atoms with E-state index < -0.39 is 0 Å². The van der Waals surface area contributed by atoms with E-state index in [0.717, 1.165) is 27.3 Å². The van der Waals surface area contributed by atoms with Crippen molar-refractivity contribution in [1.29, 1.82) is 0 Å². The minimum Gasteiger partial charge on any atom is -0.350 e. The summed E-state index contributed by atoms with van der Waals surface area (Å²) in [5.41, 5.74) is 1.66. The number of rotatable bonds is 5. The van der Waals surface area contributed by atoms with Crippen LogP contribution >= 0.6 is 11.8 Å². The second kappa shape index (κ2) is 7.31. The number of benzene rings is 2. The van der Waals surface area contributed by atoms with E-state index in [-0.39, 0.29) is 12.5 Å². The van der Waals surface area contributed by atoms with Crippen LogP contribution in [0.5, 0.6) is 0 Å². The zero-order valence-electron chi connectivity index (χ0n) is 13.6. The largest absolute Gasteiger partial charge is 0.350 e. The minimum absolute atomic E-state index is 0.0848. The predicted molar refractivity (Wildman–Crippen MR) is 99.7 cm³/mol. The number of amides is 1. The third kappa shape index (κ3) is 3.65. The van der Waals surface area contributed by atoms with Gasteiger partial charge in [-0.15, -0.1) is 11.8 Å². The van der Waals surface area contributed by atoms with E-state index in [9.17, 15) is 4.79 Å². The van der Waals surface area contributed by atoms with Crippen LogP contribution in [0.25, 0.3) is 10.9 Å². The average Bonchev–Trinajstić information content (AvgIpc) is 2.61. The Hall–Kier alpha value is -2.60. The van der Waals surface area contributed by atoms with Crippen molar-refractivity contribution in [3.05, 3.63) is 54.9 Å². The molecule has 5 nitrogen and oxygen atoms in total. The van der Waals surface area contributed by atoms with Crippen molar-refractivity contribution in [2.75, 3.05) is 30.1 Å². The summed E-state index contributed by atoms with van der Waals surface area (Å²) in [6.45, 7) is 0.213. The Kier molecular flexibility index (Phi) is 4.96. The van der Waals surface area contributed by atoms with E-state index in [0.29, 0.717) is 0 Å². The number of aromatic nitrogens is 2. The van der Waals surface area contributed by atoms with Gasteiger partial charge in [-0.3, -0.25) is 4.79 Å². The maximum atomic E-state index is 12.3. The van der Waals surface area contributed by atoms with Crippen LogP contribution in [0.15, 0.2) is 59.8 Å². The standard InChI is InChI=1S/C18H18N4OS/c1-22(18-15-8-3-4-9-16(15)19-12-20-18)11-17(23)21-13-6-5-7-14(10-13)24-2/h3-10,12H,11H2,1-2H3,(H,21,23). The van der Waals surface area contributed by atoms with Gasteiger partial charge in [-0.25, -0.2) is 9.97 Å². The Bertz CT molecular complexity index is 863. The van der Waals surface area contributed by atoms with E-state index in [1.165, 1.54) is 6.33 Å². The Balaban J connectivity index is 1.73. The number of fused-ring (bicyclic) bond motifs is 1. The third-order valence-corrected chi connectivity index (χ3v) is 4.34. The molecule has 1 amide bonds. The van der Waals surface area contributed by atoms with Gasteiger partial charge < -0.3 is 10.2 Å². The smallest absolute Gasteiger partial charge is 0.243 e. The lowest BCUT2D eigenvalue weighted by atomic mass is 10.2. The number of hydrogen-bond acceptors (Lipinski definition) is 5. The number of likely N-dealkylation sites (N-methyl/N-ethyl adjacent to an activating group) is 1. The maximum Gasteiger partial charge on any atom is 0.243 e. The zero-order chi connectivity index (χ0) is 16.9. The number of anilines is 2. The van der Waals surface area contributed by atoms with Crippen LogP contribution in [0, 0.1) is 0 Å². The van der Waals surface area contributed by atoms with Crippen LogP contribution in [-0.4, -0.2) is 35.7 Å². The highest BCUT2D eigenvalue weighted by Crippen LogP contribution is 2.22. The maximum absolute atomic E-state index is 12.3. The molecule has 2 aromatic carbocycles. The van der Waals surface area contributed by atoms with Crippen molar-refractivity contribution in [2.45, 2.75) is 4.90 Å². The molecule has 0 unspecified atom stereocenters. The molecule has 0 aliphatic rings. The second-order valence-electron chi connectivity index (χ2n) is 5.35. The number of para-hydroxylation sites is 1. The highest BCUT2D eigenvalue weighted by Gasteiger charge is 2.12. The van der Waals surface area contributed by atoms with Gasteiger partial charge in [0.25, 0.3) is 0 Å². The quantitative estimate of drug-likeness (QED) is 0.722. The van der Waals surface area contributed by atoms with Gasteiger partial charge in [0.1, 0.15) is 12.1 Å². The van der Waals surface area contributed by atoms with E-state index in [4.69, 9.17) is 0 Å². The molecule has 0 fully saturated rings. The van der Waals surface area contributed by atoms with Crippen LogP contribution in [-0.2, 0) is 4.79 Å². The zero-order valence-corrected chi connectivity index (χ0v) is 14.4. The molecule has 1 aromatic heterocycles. The van der Waals surface area contributed by atoms with Gasteiger partial charge in [0, 0.05) is 23.0 Å².